The normalized spacial score (nSPS) is 10.7. The molecule has 260 valence electrons. The zero-order valence-corrected chi connectivity index (χ0v) is 29.0. The predicted molar refractivity (Wildman–Crippen MR) is 184 cm³/mol. The van der Waals surface area contributed by atoms with Gasteiger partial charge in [0.25, 0.3) is 0 Å². The van der Waals surface area contributed by atoms with Crippen molar-refractivity contribution in [2.75, 3.05) is 13.2 Å². The lowest BCUT2D eigenvalue weighted by molar-refractivity contribution is -0.134. The monoisotopic (exact) mass is 734 g/mol. The summed E-state index contributed by atoms with van der Waals surface area (Å²) in [6, 6.07) is 14.2. The van der Waals surface area contributed by atoms with Gasteiger partial charge in [-0.1, -0.05) is 75.2 Å². The third kappa shape index (κ3) is 17.1. The molecule has 0 aliphatic heterocycles. The van der Waals surface area contributed by atoms with E-state index in [0.717, 1.165) is 23.3 Å². The number of nitrogens with zero attached hydrogens (tertiary/aromatic N) is 6. The number of carbonyl (C=O) groups is 4. The molecule has 1 N–H and O–H groups in total. The van der Waals surface area contributed by atoms with E-state index in [1.54, 1.807) is 36.4 Å². The summed E-state index contributed by atoms with van der Waals surface area (Å²) in [5.74, 6) is -0.441. The molecule has 17 heteroatoms. The summed E-state index contributed by atoms with van der Waals surface area (Å²) in [5.41, 5.74) is 0.799. The maximum Gasteiger partial charge on any atom is 0.516 e. The van der Waals surface area contributed by atoms with E-state index in [9.17, 15) is 19.2 Å². The minimum Gasteiger partial charge on any atom is -0.478 e. The summed E-state index contributed by atoms with van der Waals surface area (Å²) in [6.45, 7) is 8.22. The van der Waals surface area contributed by atoms with Gasteiger partial charge in [0.15, 0.2) is 11.6 Å². The Balaban J connectivity index is 0.000000289. The molecule has 0 spiro atoms. The van der Waals surface area contributed by atoms with Crippen LogP contribution in [0.2, 0.25) is 10.0 Å². The molecule has 0 saturated heterocycles. The first-order chi connectivity index (χ1) is 23.2. The minimum absolute atomic E-state index is 0.156. The molecule has 2 heterocycles. The first-order valence-corrected chi connectivity index (χ1v) is 15.5. The fourth-order valence-corrected chi connectivity index (χ4v) is 3.55. The van der Waals surface area contributed by atoms with Crippen LogP contribution in [0.5, 0.6) is 0 Å². The number of rotatable bonds is 10. The highest BCUT2D eigenvalue weighted by molar-refractivity contribution is 6.61. The van der Waals surface area contributed by atoms with Crippen molar-refractivity contribution in [3.05, 3.63) is 83.4 Å². The van der Waals surface area contributed by atoms with Crippen molar-refractivity contribution in [2.24, 2.45) is 11.8 Å². The molecule has 0 saturated carbocycles. The number of carboxylic acids is 1. The molecule has 49 heavy (non-hydrogen) atoms. The van der Waals surface area contributed by atoms with Crippen LogP contribution < -0.4 is 0 Å². The van der Waals surface area contributed by atoms with Gasteiger partial charge in [0.05, 0.1) is 13.2 Å². The van der Waals surface area contributed by atoms with E-state index < -0.39 is 23.5 Å². The minimum atomic E-state index is -1.04. The second-order valence-electron chi connectivity index (χ2n) is 10.4. The van der Waals surface area contributed by atoms with Crippen LogP contribution in [-0.4, -0.2) is 71.4 Å². The number of carbonyl (C=O) groups excluding carboxylic acids is 3. The van der Waals surface area contributed by atoms with E-state index in [-0.39, 0.29) is 12.5 Å². The Kier molecular flexibility index (Phi) is 17.2. The SMILES string of the molecule is CC(C)COC(=O)Cl.CC(C)COC(=O)OC(=O)/C=C\n1cnc(-c2cccc(Cl)c2)n1.O=C(O)/C=C\n1cnc(-c2cccc(Cl)c2)n1. The Bertz CT molecular complexity index is 1750. The van der Waals surface area contributed by atoms with E-state index in [4.69, 9.17) is 44.6 Å². The van der Waals surface area contributed by atoms with E-state index in [2.05, 4.69) is 29.6 Å². The topological polar surface area (TPSA) is 178 Å². The van der Waals surface area contributed by atoms with Crippen molar-refractivity contribution in [1.29, 1.82) is 0 Å². The Morgan fingerprint density at radius 3 is 1.65 bits per heavy atom. The lowest BCUT2D eigenvalue weighted by atomic mass is 10.2. The molecule has 2 aromatic carbocycles. The quantitative estimate of drug-likeness (QED) is 0.0732. The molecule has 14 nitrogen and oxygen atoms in total. The fourth-order valence-electron chi connectivity index (χ4n) is 3.10. The largest absolute Gasteiger partial charge is 0.516 e. The molecule has 0 amide bonds. The summed E-state index contributed by atoms with van der Waals surface area (Å²) < 4.78 is 16.3. The first kappa shape index (κ1) is 40.1. The van der Waals surface area contributed by atoms with Crippen molar-refractivity contribution in [3.8, 4) is 22.8 Å². The van der Waals surface area contributed by atoms with E-state index in [1.165, 1.54) is 34.4 Å². The van der Waals surface area contributed by atoms with Crippen LogP contribution in [0.25, 0.3) is 35.2 Å². The molecule has 0 aliphatic rings. The number of aliphatic carboxylic acids is 1. The number of carboxylic acid groups (broad SMARTS) is 1. The molecule has 2 aromatic heterocycles. The molecule has 0 atom stereocenters. The molecule has 0 unspecified atom stereocenters. The number of benzene rings is 2. The second kappa shape index (κ2) is 21.0. The lowest BCUT2D eigenvalue weighted by Crippen LogP contribution is -2.14. The summed E-state index contributed by atoms with van der Waals surface area (Å²) >= 11 is 16.6. The maximum atomic E-state index is 11.5. The number of halogens is 3. The zero-order chi connectivity index (χ0) is 36.3. The summed E-state index contributed by atoms with van der Waals surface area (Å²) in [6.07, 6.45) is 6.47. The van der Waals surface area contributed by atoms with Gasteiger partial charge in [-0.2, -0.15) is 0 Å². The van der Waals surface area contributed by atoms with Crippen LogP contribution in [0, 0.1) is 11.8 Å². The van der Waals surface area contributed by atoms with Crippen molar-refractivity contribution >= 4 is 70.7 Å². The summed E-state index contributed by atoms with van der Waals surface area (Å²) in [7, 11) is 0. The van der Waals surface area contributed by atoms with Gasteiger partial charge in [-0.25, -0.2) is 38.5 Å². The standard InChI is InChI=1S/C16H16ClN3O4.C11H8ClN3O2.C5H9ClO2/c1-11(2)9-23-16(22)24-14(21)6-7-20-10-18-15(19-20)12-4-3-5-13(17)8-12;12-9-3-1-2-8(6-9)11-13-7-15(14-11)5-4-10(16)17;1-4(2)3-8-5(6)7/h3-8,10-11H,9H2,1-2H3;1-7H,(H,16,17);4H,3H2,1-2H3/b7-6-;5-4-;. The van der Waals surface area contributed by atoms with Crippen molar-refractivity contribution in [1.82, 2.24) is 29.5 Å². The summed E-state index contributed by atoms with van der Waals surface area (Å²) in [4.78, 5) is 51.1. The molecule has 0 bridgehead atoms. The molecule has 0 radical (unpaired) electrons. The van der Waals surface area contributed by atoms with Crippen LogP contribution in [-0.2, 0) is 23.8 Å². The van der Waals surface area contributed by atoms with Gasteiger partial charge >= 0.3 is 23.5 Å². The van der Waals surface area contributed by atoms with Crippen LogP contribution in [0.15, 0.2) is 73.3 Å². The van der Waals surface area contributed by atoms with E-state index >= 15 is 0 Å². The number of hydrogen-bond acceptors (Lipinski definition) is 11. The Labute approximate surface area is 296 Å². The van der Waals surface area contributed by atoms with Crippen LogP contribution >= 0.6 is 34.8 Å². The van der Waals surface area contributed by atoms with E-state index in [1.807, 2.05) is 39.8 Å². The van der Waals surface area contributed by atoms with Crippen molar-refractivity contribution in [3.63, 3.8) is 0 Å². The zero-order valence-electron chi connectivity index (χ0n) is 26.8. The van der Waals surface area contributed by atoms with Crippen LogP contribution in [0.1, 0.15) is 27.7 Å². The highest BCUT2D eigenvalue weighted by atomic mass is 35.5. The molecule has 4 aromatic rings. The van der Waals surface area contributed by atoms with Gasteiger partial charge < -0.3 is 19.3 Å². The highest BCUT2D eigenvalue weighted by Crippen LogP contribution is 2.20. The number of ether oxygens (including phenoxy) is 3. The van der Waals surface area contributed by atoms with E-state index in [0.29, 0.717) is 34.2 Å². The van der Waals surface area contributed by atoms with Gasteiger partial charge in [-0.05, 0) is 36.1 Å². The average molecular weight is 736 g/mol. The molecule has 0 fully saturated rings. The smallest absolute Gasteiger partial charge is 0.478 e. The average Bonchev–Trinajstić information content (AvgIpc) is 3.72. The first-order valence-electron chi connectivity index (χ1n) is 14.4. The number of esters is 1. The second-order valence-corrected chi connectivity index (χ2v) is 11.6. The van der Waals surface area contributed by atoms with Crippen molar-refractivity contribution < 1.29 is 38.5 Å². The molecule has 0 aliphatic carbocycles. The summed E-state index contributed by atoms with van der Waals surface area (Å²) in [5, 5.41) is 17.9. The third-order valence-corrected chi connectivity index (χ3v) is 5.74. The molecule has 4 rings (SSSR count). The lowest BCUT2D eigenvalue weighted by Gasteiger charge is -2.05. The number of aromatic nitrogens is 6. The van der Waals surface area contributed by atoms with Crippen LogP contribution in [0.3, 0.4) is 0 Å². The van der Waals surface area contributed by atoms with Crippen molar-refractivity contribution in [2.45, 2.75) is 27.7 Å². The van der Waals surface area contributed by atoms with Gasteiger partial charge in [0.1, 0.15) is 12.7 Å². The molecular weight excluding hydrogens is 703 g/mol. The Morgan fingerprint density at radius 2 is 1.24 bits per heavy atom. The van der Waals surface area contributed by atoms with Gasteiger partial charge in [-0.3, -0.25) is 0 Å². The predicted octanol–water partition coefficient (Wildman–Crippen LogP) is 7.58. The molecular formula is C32H33Cl3N6O8. The third-order valence-electron chi connectivity index (χ3n) is 5.16. The maximum absolute atomic E-state index is 11.5. The van der Waals surface area contributed by atoms with Gasteiger partial charge in [0.2, 0.25) is 0 Å². The van der Waals surface area contributed by atoms with Gasteiger partial charge in [0, 0.05) is 57.3 Å². The number of hydrogen-bond donors (Lipinski definition) is 1. The Morgan fingerprint density at radius 1 is 0.776 bits per heavy atom. The fraction of sp³-hybridized carbons (Fsp3) is 0.250. The van der Waals surface area contributed by atoms with Crippen LogP contribution in [0.4, 0.5) is 9.59 Å². The Hall–Kier alpha value is -5.05. The van der Waals surface area contributed by atoms with Gasteiger partial charge in [-0.15, -0.1) is 10.2 Å². The highest BCUT2D eigenvalue weighted by Gasteiger charge is 2.10.